The molecule has 5 nitrogen and oxygen atoms in total. The standard InChI is InChI=1S/C17H15F2NO4S/c1-8-9(2)25-16(20-10(3)21)15(8)17(23)24-7-14(22)11-4-5-12(18)13(19)6-11/h4-6H,7H2,1-3H3,(H,20,21). The summed E-state index contributed by atoms with van der Waals surface area (Å²) in [6, 6.07) is 2.68. The third-order valence-corrected chi connectivity index (χ3v) is 4.58. The second kappa shape index (κ2) is 7.52. The molecule has 1 N–H and O–H groups in total. The summed E-state index contributed by atoms with van der Waals surface area (Å²) in [6.07, 6.45) is 0. The fraction of sp³-hybridized carbons (Fsp3) is 0.235. The summed E-state index contributed by atoms with van der Waals surface area (Å²) in [5.74, 6) is -4.01. The van der Waals surface area contributed by atoms with Crippen molar-refractivity contribution in [3.05, 3.63) is 51.4 Å². The quantitative estimate of drug-likeness (QED) is 0.647. The average molecular weight is 367 g/mol. The van der Waals surface area contributed by atoms with Crippen molar-refractivity contribution in [3.63, 3.8) is 0 Å². The number of rotatable bonds is 5. The Morgan fingerprint density at radius 3 is 2.44 bits per heavy atom. The molecule has 0 saturated heterocycles. The Morgan fingerprint density at radius 1 is 1.16 bits per heavy atom. The molecular weight excluding hydrogens is 352 g/mol. The first-order valence-electron chi connectivity index (χ1n) is 7.23. The van der Waals surface area contributed by atoms with Gasteiger partial charge in [-0.05, 0) is 37.6 Å². The molecule has 2 rings (SSSR count). The van der Waals surface area contributed by atoms with Crippen molar-refractivity contribution in [1.82, 2.24) is 0 Å². The number of hydrogen-bond acceptors (Lipinski definition) is 5. The van der Waals surface area contributed by atoms with E-state index < -0.39 is 30.0 Å². The largest absolute Gasteiger partial charge is 0.454 e. The molecule has 0 radical (unpaired) electrons. The molecule has 0 bridgehead atoms. The summed E-state index contributed by atoms with van der Waals surface area (Å²) in [5.41, 5.74) is 0.710. The topological polar surface area (TPSA) is 72.5 Å². The molecule has 0 fully saturated rings. The Morgan fingerprint density at radius 2 is 1.84 bits per heavy atom. The summed E-state index contributed by atoms with van der Waals surface area (Å²) in [5, 5.41) is 2.89. The molecule has 0 atom stereocenters. The van der Waals surface area contributed by atoms with Crippen LogP contribution < -0.4 is 5.32 Å². The number of hydrogen-bond donors (Lipinski definition) is 1. The summed E-state index contributed by atoms with van der Waals surface area (Å²) in [4.78, 5) is 36.3. The van der Waals surface area contributed by atoms with Gasteiger partial charge in [0.15, 0.2) is 24.0 Å². The van der Waals surface area contributed by atoms with Gasteiger partial charge in [-0.15, -0.1) is 11.3 Å². The highest BCUT2D eigenvalue weighted by molar-refractivity contribution is 7.16. The molecule has 1 aromatic heterocycles. The van der Waals surface area contributed by atoms with E-state index in [0.29, 0.717) is 10.6 Å². The molecule has 8 heteroatoms. The predicted octanol–water partition coefficient (Wildman–Crippen LogP) is 3.64. The number of Topliss-reactive ketones (excluding diaryl/α,β-unsaturated/α-hetero) is 1. The zero-order chi connectivity index (χ0) is 18.7. The molecule has 1 heterocycles. The second-order valence-electron chi connectivity index (χ2n) is 5.30. The molecule has 2 aromatic rings. The first-order valence-corrected chi connectivity index (χ1v) is 8.05. The van der Waals surface area contributed by atoms with Crippen molar-refractivity contribution in [2.45, 2.75) is 20.8 Å². The molecule has 25 heavy (non-hydrogen) atoms. The second-order valence-corrected chi connectivity index (χ2v) is 6.52. The third-order valence-electron chi connectivity index (χ3n) is 3.45. The van der Waals surface area contributed by atoms with Gasteiger partial charge < -0.3 is 10.1 Å². The third kappa shape index (κ3) is 4.27. The van der Waals surface area contributed by atoms with Gasteiger partial charge in [-0.3, -0.25) is 9.59 Å². The SMILES string of the molecule is CC(=O)Nc1sc(C)c(C)c1C(=O)OCC(=O)c1ccc(F)c(F)c1. The molecule has 0 unspecified atom stereocenters. The lowest BCUT2D eigenvalue weighted by molar-refractivity contribution is -0.114. The molecule has 0 aliphatic carbocycles. The van der Waals surface area contributed by atoms with Crippen LogP contribution in [0.2, 0.25) is 0 Å². The van der Waals surface area contributed by atoms with Gasteiger partial charge in [0, 0.05) is 17.4 Å². The van der Waals surface area contributed by atoms with Crippen molar-refractivity contribution >= 4 is 34.0 Å². The van der Waals surface area contributed by atoms with Gasteiger partial charge in [0.1, 0.15) is 5.00 Å². The van der Waals surface area contributed by atoms with Gasteiger partial charge in [-0.1, -0.05) is 0 Å². The number of anilines is 1. The Balaban J connectivity index is 2.13. The summed E-state index contributed by atoms with van der Waals surface area (Å²) >= 11 is 1.22. The fourth-order valence-corrected chi connectivity index (χ4v) is 3.17. The van der Waals surface area contributed by atoms with Crippen LogP contribution >= 0.6 is 11.3 Å². The van der Waals surface area contributed by atoms with Crippen LogP contribution in [-0.4, -0.2) is 24.3 Å². The molecule has 132 valence electrons. The monoisotopic (exact) mass is 367 g/mol. The van der Waals surface area contributed by atoms with E-state index >= 15 is 0 Å². The van der Waals surface area contributed by atoms with Gasteiger partial charge in [-0.2, -0.15) is 0 Å². The van der Waals surface area contributed by atoms with Crippen molar-refractivity contribution in [2.75, 3.05) is 11.9 Å². The number of carbonyl (C=O) groups excluding carboxylic acids is 3. The van der Waals surface area contributed by atoms with E-state index in [1.54, 1.807) is 13.8 Å². The van der Waals surface area contributed by atoms with E-state index in [4.69, 9.17) is 4.74 Å². The highest BCUT2D eigenvalue weighted by Crippen LogP contribution is 2.33. The first kappa shape index (κ1) is 18.7. The molecule has 1 amide bonds. The minimum absolute atomic E-state index is 0.105. The van der Waals surface area contributed by atoms with Crippen LogP contribution in [0.1, 0.15) is 38.1 Å². The maximum absolute atomic E-state index is 13.2. The van der Waals surface area contributed by atoms with E-state index in [-0.39, 0.29) is 17.0 Å². The number of benzene rings is 1. The Bertz CT molecular complexity index is 861. The number of ether oxygens (including phenoxy) is 1. The van der Waals surface area contributed by atoms with Crippen LogP contribution in [-0.2, 0) is 9.53 Å². The molecule has 1 aromatic carbocycles. The summed E-state index contributed by atoms with van der Waals surface area (Å²) < 4.78 is 31.0. The van der Waals surface area contributed by atoms with Gasteiger partial charge in [-0.25, -0.2) is 13.6 Å². The lowest BCUT2D eigenvalue weighted by atomic mass is 10.1. The van der Waals surface area contributed by atoms with E-state index in [1.807, 2.05) is 0 Å². The zero-order valence-corrected chi connectivity index (χ0v) is 14.6. The highest BCUT2D eigenvalue weighted by atomic mass is 32.1. The highest BCUT2D eigenvalue weighted by Gasteiger charge is 2.22. The van der Waals surface area contributed by atoms with E-state index in [2.05, 4.69) is 5.32 Å². The van der Waals surface area contributed by atoms with E-state index in [0.717, 1.165) is 23.1 Å². The fourth-order valence-electron chi connectivity index (χ4n) is 2.08. The smallest absolute Gasteiger partial charge is 0.341 e. The number of halogens is 2. The van der Waals surface area contributed by atoms with Crippen LogP contribution in [0, 0.1) is 25.5 Å². The van der Waals surface area contributed by atoms with E-state index in [1.165, 1.54) is 18.3 Å². The minimum Gasteiger partial charge on any atom is -0.454 e. The van der Waals surface area contributed by atoms with Crippen LogP contribution in [0.4, 0.5) is 13.8 Å². The van der Waals surface area contributed by atoms with Crippen LogP contribution in [0.25, 0.3) is 0 Å². The van der Waals surface area contributed by atoms with Crippen molar-refractivity contribution < 1.29 is 27.9 Å². The lowest BCUT2D eigenvalue weighted by Crippen LogP contribution is -2.16. The number of ketones is 1. The average Bonchev–Trinajstić information content (AvgIpc) is 2.81. The van der Waals surface area contributed by atoms with Gasteiger partial charge >= 0.3 is 5.97 Å². The lowest BCUT2D eigenvalue weighted by Gasteiger charge is -2.07. The molecule has 0 saturated carbocycles. The zero-order valence-electron chi connectivity index (χ0n) is 13.7. The molecule has 0 aliphatic rings. The van der Waals surface area contributed by atoms with Crippen molar-refractivity contribution in [3.8, 4) is 0 Å². The molecular formula is C17H15F2NO4S. The number of thiophene rings is 1. The normalized spacial score (nSPS) is 10.4. The minimum atomic E-state index is -1.16. The Kier molecular flexibility index (Phi) is 5.63. The summed E-state index contributed by atoms with van der Waals surface area (Å²) in [6.45, 7) is 4.17. The van der Waals surface area contributed by atoms with Gasteiger partial charge in [0.05, 0.1) is 5.56 Å². The molecule has 0 spiro atoms. The van der Waals surface area contributed by atoms with E-state index in [9.17, 15) is 23.2 Å². The van der Waals surface area contributed by atoms with Crippen molar-refractivity contribution in [1.29, 1.82) is 0 Å². The summed E-state index contributed by atoms with van der Waals surface area (Å²) in [7, 11) is 0. The van der Waals surface area contributed by atoms with Gasteiger partial charge in [0.2, 0.25) is 5.91 Å². The van der Waals surface area contributed by atoms with Crippen LogP contribution in [0.3, 0.4) is 0 Å². The maximum atomic E-state index is 13.2. The number of aryl methyl sites for hydroxylation is 1. The number of nitrogens with one attached hydrogen (secondary N) is 1. The Labute approximate surface area is 146 Å². The molecule has 0 aliphatic heterocycles. The van der Waals surface area contributed by atoms with Crippen LogP contribution in [0.5, 0.6) is 0 Å². The number of carbonyl (C=O) groups is 3. The first-order chi connectivity index (χ1) is 11.7. The van der Waals surface area contributed by atoms with Gasteiger partial charge in [0.25, 0.3) is 0 Å². The Hall–Kier alpha value is -2.61. The number of amides is 1. The van der Waals surface area contributed by atoms with Crippen LogP contribution in [0.15, 0.2) is 18.2 Å². The predicted molar refractivity (Wildman–Crippen MR) is 89.1 cm³/mol. The van der Waals surface area contributed by atoms with Crippen molar-refractivity contribution in [2.24, 2.45) is 0 Å². The number of esters is 1. The maximum Gasteiger partial charge on any atom is 0.341 e.